The van der Waals surface area contributed by atoms with E-state index in [2.05, 4.69) is 20.8 Å². The van der Waals surface area contributed by atoms with Crippen molar-refractivity contribution < 1.29 is 9.59 Å². The molecule has 0 fully saturated rings. The van der Waals surface area contributed by atoms with Crippen molar-refractivity contribution in [2.75, 3.05) is 10.6 Å². The molecule has 3 rings (SSSR count). The van der Waals surface area contributed by atoms with Crippen LogP contribution < -0.4 is 10.6 Å². The van der Waals surface area contributed by atoms with Gasteiger partial charge in [-0.15, -0.1) is 0 Å². The molecule has 0 saturated heterocycles. The van der Waals surface area contributed by atoms with E-state index in [0.717, 1.165) is 0 Å². The zero-order valence-electron chi connectivity index (χ0n) is 13.9. The zero-order chi connectivity index (χ0) is 17.8. The fourth-order valence-corrected chi connectivity index (χ4v) is 2.34. The van der Waals surface area contributed by atoms with Gasteiger partial charge in [-0.25, -0.2) is 0 Å². The van der Waals surface area contributed by atoms with Gasteiger partial charge in [0.05, 0.1) is 5.69 Å². The molecule has 128 valence electrons. The average Bonchev–Trinajstić information content (AvgIpc) is 3.21. The van der Waals surface area contributed by atoms with Crippen LogP contribution in [0.1, 0.15) is 27.9 Å². The molecule has 8 heteroatoms. The van der Waals surface area contributed by atoms with Crippen molar-refractivity contribution in [1.82, 2.24) is 19.6 Å². The number of rotatable bonds is 5. The molecule has 0 radical (unpaired) electrons. The lowest BCUT2D eigenvalue weighted by molar-refractivity contribution is 0.101. The Kier molecular flexibility index (Phi) is 4.60. The van der Waals surface area contributed by atoms with Crippen LogP contribution in [0.15, 0.2) is 48.8 Å². The highest BCUT2D eigenvalue weighted by molar-refractivity contribution is 6.11. The molecule has 1 aromatic carbocycles. The van der Waals surface area contributed by atoms with Crippen molar-refractivity contribution in [2.45, 2.75) is 13.5 Å². The van der Waals surface area contributed by atoms with Gasteiger partial charge < -0.3 is 10.6 Å². The van der Waals surface area contributed by atoms with Gasteiger partial charge >= 0.3 is 0 Å². The van der Waals surface area contributed by atoms with E-state index in [-0.39, 0.29) is 11.6 Å². The molecule has 2 N–H and O–H groups in total. The van der Waals surface area contributed by atoms with Gasteiger partial charge in [0.25, 0.3) is 11.8 Å². The molecule has 0 saturated carbocycles. The number of aryl methyl sites for hydroxylation is 2. The van der Waals surface area contributed by atoms with Crippen molar-refractivity contribution in [3.8, 4) is 0 Å². The van der Waals surface area contributed by atoms with E-state index in [1.165, 1.54) is 10.9 Å². The number of aromatic nitrogens is 4. The Balaban J connectivity index is 1.84. The Hall–Kier alpha value is -3.42. The number of carbonyl (C=O) groups is 2. The average molecular weight is 338 g/mol. The minimum absolute atomic E-state index is 0.154. The Bertz CT molecular complexity index is 897. The summed E-state index contributed by atoms with van der Waals surface area (Å²) in [6.45, 7) is 2.48. The number of nitrogens with zero attached hydrogens (tertiary/aromatic N) is 4. The maximum absolute atomic E-state index is 12.5. The highest BCUT2D eigenvalue weighted by atomic mass is 16.2. The molecule has 0 atom stereocenters. The number of carbonyl (C=O) groups excluding carboxylic acids is 2. The molecule has 0 aliphatic carbocycles. The lowest BCUT2D eigenvalue weighted by atomic mass is 10.3. The summed E-state index contributed by atoms with van der Waals surface area (Å²) in [7, 11) is 1.67. The topological polar surface area (TPSA) is 93.8 Å². The smallest absolute Gasteiger partial charge is 0.278 e. The van der Waals surface area contributed by atoms with E-state index in [4.69, 9.17) is 0 Å². The Morgan fingerprint density at radius 1 is 1.08 bits per heavy atom. The van der Waals surface area contributed by atoms with Gasteiger partial charge in [-0.2, -0.15) is 10.2 Å². The van der Waals surface area contributed by atoms with Crippen molar-refractivity contribution >= 4 is 23.2 Å². The molecule has 0 aliphatic heterocycles. The molecule has 2 heterocycles. The second kappa shape index (κ2) is 7.00. The second-order valence-corrected chi connectivity index (χ2v) is 5.36. The van der Waals surface area contributed by atoms with Crippen LogP contribution in [0, 0.1) is 0 Å². The first kappa shape index (κ1) is 16.4. The summed E-state index contributed by atoms with van der Waals surface area (Å²) in [5.74, 6) is -0.747. The largest absolute Gasteiger partial charge is 0.321 e. The third kappa shape index (κ3) is 3.57. The molecule has 3 aromatic rings. The van der Waals surface area contributed by atoms with E-state index in [1.807, 2.05) is 25.1 Å². The highest BCUT2D eigenvalue weighted by Gasteiger charge is 2.20. The van der Waals surface area contributed by atoms with Gasteiger partial charge in [0.2, 0.25) is 0 Å². The number of hydrogen-bond acceptors (Lipinski definition) is 4. The maximum Gasteiger partial charge on any atom is 0.278 e. The summed E-state index contributed by atoms with van der Waals surface area (Å²) in [4.78, 5) is 24.9. The molecule has 0 spiro atoms. The van der Waals surface area contributed by atoms with Crippen molar-refractivity contribution in [3.63, 3.8) is 0 Å². The first-order valence-electron chi connectivity index (χ1n) is 7.81. The third-order valence-electron chi connectivity index (χ3n) is 3.63. The number of para-hydroxylation sites is 1. The second-order valence-electron chi connectivity index (χ2n) is 5.36. The van der Waals surface area contributed by atoms with Crippen molar-refractivity contribution in [2.24, 2.45) is 7.05 Å². The molecule has 8 nitrogen and oxygen atoms in total. The van der Waals surface area contributed by atoms with E-state index in [1.54, 1.807) is 36.1 Å². The molecule has 0 unspecified atom stereocenters. The van der Waals surface area contributed by atoms with Crippen LogP contribution in [0.25, 0.3) is 0 Å². The number of hydrogen-bond donors (Lipinski definition) is 2. The number of benzene rings is 1. The SMILES string of the molecule is CCn1cc(NC(=O)c2ccnn2C)c(C(=O)Nc2ccccc2)n1. The molecular weight excluding hydrogens is 320 g/mol. The summed E-state index contributed by atoms with van der Waals surface area (Å²) < 4.78 is 3.06. The van der Waals surface area contributed by atoms with Gasteiger partial charge in [-0.3, -0.25) is 19.0 Å². The predicted molar refractivity (Wildman–Crippen MR) is 93.5 cm³/mol. The van der Waals surface area contributed by atoms with E-state index in [9.17, 15) is 9.59 Å². The lowest BCUT2D eigenvalue weighted by Crippen LogP contribution is -2.19. The molecule has 2 aromatic heterocycles. The quantitative estimate of drug-likeness (QED) is 0.745. The minimum atomic E-state index is -0.390. The monoisotopic (exact) mass is 338 g/mol. The minimum Gasteiger partial charge on any atom is -0.321 e. The predicted octanol–water partition coefficient (Wildman–Crippen LogP) is 2.14. The van der Waals surface area contributed by atoms with Crippen LogP contribution in [0.4, 0.5) is 11.4 Å². The summed E-state index contributed by atoms with van der Waals surface area (Å²) in [5.41, 5.74) is 1.55. The van der Waals surface area contributed by atoms with Crippen LogP contribution >= 0.6 is 0 Å². The van der Waals surface area contributed by atoms with Crippen LogP contribution in [-0.2, 0) is 13.6 Å². The van der Waals surface area contributed by atoms with Crippen molar-refractivity contribution in [1.29, 1.82) is 0 Å². The number of anilines is 2. The first-order valence-corrected chi connectivity index (χ1v) is 7.81. The number of amides is 2. The lowest BCUT2D eigenvalue weighted by Gasteiger charge is -2.06. The third-order valence-corrected chi connectivity index (χ3v) is 3.63. The van der Waals surface area contributed by atoms with Gasteiger partial charge in [0.15, 0.2) is 5.69 Å². The molecule has 0 aliphatic rings. The summed E-state index contributed by atoms with van der Waals surface area (Å²) in [6.07, 6.45) is 3.17. The van der Waals surface area contributed by atoms with Gasteiger partial charge in [0, 0.05) is 31.7 Å². The van der Waals surface area contributed by atoms with Crippen LogP contribution in [-0.4, -0.2) is 31.4 Å². The van der Waals surface area contributed by atoms with Crippen LogP contribution in [0.3, 0.4) is 0 Å². The Labute approximate surface area is 144 Å². The van der Waals surface area contributed by atoms with E-state index < -0.39 is 5.91 Å². The molecule has 25 heavy (non-hydrogen) atoms. The van der Waals surface area contributed by atoms with E-state index in [0.29, 0.717) is 23.6 Å². The van der Waals surface area contributed by atoms with Gasteiger partial charge in [-0.1, -0.05) is 18.2 Å². The summed E-state index contributed by atoms with van der Waals surface area (Å²) >= 11 is 0. The van der Waals surface area contributed by atoms with Crippen molar-refractivity contribution in [3.05, 3.63) is 60.2 Å². The summed E-state index contributed by atoms with van der Waals surface area (Å²) in [6, 6.07) is 10.7. The first-order chi connectivity index (χ1) is 12.1. The summed E-state index contributed by atoms with van der Waals surface area (Å²) in [5, 5.41) is 13.7. The van der Waals surface area contributed by atoms with Crippen LogP contribution in [0.2, 0.25) is 0 Å². The van der Waals surface area contributed by atoms with Gasteiger partial charge in [-0.05, 0) is 25.1 Å². The Morgan fingerprint density at radius 2 is 1.84 bits per heavy atom. The highest BCUT2D eigenvalue weighted by Crippen LogP contribution is 2.17. The number of nitrogens with one attached hydrogen (secondary N) is 2. The Morgan fingerprint density at radius 3 is 2.48 bits per heavy atom. The fourth-order valence-electron chi connectivity index (χ4n) is 2.34. The van der Waals surface area contributed by atoms with Crippen LogP contribution in [0.5, 0.6) is 0 Å². The normalized spacial score (nSPS) is 10.5. The van der Waals surface area contributed by atoms with Gasteiger partial charge in [0.1, 0.15) is 5.69 Å². The maximum atomic E-state index is 12.5. The standard InChI is InChI=1S/C17H18N6O2/c1-3-23-11-13(20-16(24)14-9-10-18-22(14)2)15(21-23)17(25)19-12-7-5-4-6-8-12/h4-11H,3H2,1-2H3,(H,19,25)(H,20,24). The molecule has 0 bridgehead atoms. The molecule has 2 amide bonds. The molecular formula is C17H18N6O2. The van der Waals surface area contributed by atoms with E-state index >= 15 is 0 Å². The zero-order valence-corrected chi connectivity index (χ0v) is 13.9. The fraction of sp³-hybridized carbons (Fsp3) is 0.176.